The summed E-state index contributed by atoms with van der Waals surface area (Å²) in [5.41, 5.74) is 1.86. The van der Waals surface area contributed by atoms with Crippen LogP contribution in [-0.4, -0.2) is 58.6 Å². The van der Waals surface area contributed by atoms with E-state index in [9.17, 15) is 19.2 Å². The van der Waals surface area contributed by atoms with Crippen LogP contribution in [-0.2, 0) is 20.9 Å². The lowest BCUT2D eigenvalue weighted by atomic mass is 9.96. The third-order valence-electron chi connectivity index (χ3n) is 6.64. The van der Waals surface area contributed by atoms with Gasteiger partial charge in [-0.15, -0.1) is 11.3 Å². The van der Waals surface area contributed by atoms with E-state index >= 15 is 0 Å². The zero-order chi connectivity index (χ0) is 28.8. The number of hydrogen-bond acceptors (Lipinski definition) is 9. The molecule has 0 saturated heterocycles. The van der Waals surface area contributed by atoms with Gasteiger partial charge in [-0.05, 0) is 53.6 Å². The Morgan fingerprint density at radius 1 is 0.976 bits per heavy atom. The van der Waals surface area contributed by atoms with Gasteiger partial charge in [0.2, 0.25) is 5.91 Å². The molecule has 1 aliphatic rings. The predicted octanol–water partition coefficient (Wildman–Crippen LogP) is 4.74. The van der Waals surface area contributed by atoms with Crippen LogP contribution in [0.15, 0.2) is 73.1 Å². The van der Waals surface area contributed by atoms with Gasteiger partial charge in [0, 0.05) is 25.5 Å². The molecule has 5 rings (SSSR count). The Kier molecular flexibility index (Phi) is 8.66. The number of unbranched alkanes of at least 4 members (excludes halogenated alkanes) is 1. The van der Waals surface area contributed by atoms with Crippen molar-refractivity contribution in [2.45, 2.75) is 25.4 Å². The van der Waals surface area contributed by atoms with Crippen LogP contribution >= 0.6 is 11.3 Å². The van der Waals surface area contributed by atoms with Crippen LogP contribution in [0.4, 0.5) is 9.80 Å². The van der Waals surface area contributed by atoms with Crippen LogP contribution in [0.1, 0.15) is 50.6 Å². The van der Waals surface area contributed by atoms with Crippen molar-refractivity contribution in [3.8, 4) is 0 Å². The van der Waals surface area contributed by atoms with Crippen LogP contribution in [0.25, 0.3) is 10.1 Å². The van der Waals surface area contributed by atoms with E-state index in [0.717, 1.165) is 15.0 Å². The number of rotatable bonds is 11. The van der Waals surface area contributed by atoms with Crippen molar-refractivity contribution in [3.05, 3.63) is 95.3 Å². The van der Waals surface area contributed by atoms with E-state index in [2.05, 4.69) is 10.3 Å². The first kappa shape index (κ1) is 27.9. The van der Waals surface area contributed by atoms with Gasteiger partial charge in [0.25, 0.3) is 11.8 Å². The molecule has 1 atom stereocenters. The number of aliphatic hydroxyl groups excluding tert-OH is 1. The summed E-state index contributed by atoms with van der Waals surface area (Å²) in [4.78, 5) is 56.8. The number of imide groups is 1. The average Bonchev–Trinajstić information content (AvgIpc) is 3.50. The second-order valence-electron chi connectivity index (χ2n) is 9.39. The number of carbonyl (C=O) groups excluding carboxylic acids is 4. The minimum atomic E-state index is -0.869. The van der Waals surface area contributed by atoms with Gasteiger partial charge in [0.15, 0.2) is 0 Å². The summed E-state index contributed by atoms with van der Waals surface area (Å²) >= 11 is 1.38. The number of benzene rings is 2. The molecule has 4 aromatic rings. The number of anilines is 1. The zero-order valence-corrected chi connectivity index (χ0v) is 22.8. The van der Waals surface area contributed by atoms with Crippen molar-refractivity contribution in [3.63, 3.8) is 0 Å². The Morgan fingerprint density at radius 2 is 1.71 bits per heavy atom. The molecule has 3 amide bonds. The molecule has 210 valence electrons. The average molecular weight is 574 g/mol. The van der Waals surface area contributed by atoms with Gasteiger partial charge in [0.1, 0.15) is 6.61 Å². The highest BCUT2D eigenvalue weighted by molar-refractivity contribution is 7.22. The van der Waals surface area contributed by atoms with E-state index < -0.39 is 23.9 Å². The fourth-order valence-electron chi connectivity index (χ4n) is 4.48. The number of ether oxygens (including phenoxy) is 2. The Bertz CT molecular complexity index is 1520. The summed E-state index contributed by atoms with van der Waals surface area (Å²) in [7, 11) is 0. The second kappa shape index (κ2) is 12.7. The van der Waals surface area contributed by atoms with Crippen LogP contribution in [0, 0.1) is 0 Å². The van der Waals surface area contributed by atoms with Crippen molar-refractivity contribution in [1.29, 1.82) is 0 Å². The molecule has 11 heteroatoms. The van der Waals surface area contributed by atoms with Crippen LogP contribution < -0.4 is 5.32 Å². The molecule has 1 aliphatic heterocycles. The number of aliphatic hydroxyl groups is 1. The topological polar surface area (TPSA) is 135 Å². The van der Waals surface area contributed by atoms with Gasteiger partial charge >= 0.3 is 6.16 Å². The van der Waals surface area contributed by atoms with Gasteiger partial charge in [-0.1, -0.05) is 36.4 Å². The van der Waals surface area contributed by atoms with Crippen molar-refractivity contribution < 1.29 is 33.8 Å². The van der Waals surface area contributed by atoms with Crippen molar-refractivity contribution in [1.82, 2.24) is 9.88 Å². The molecule has 1 unspecified atom stereocenters. The molecule has 0 fully saturated rings. The Hall–Kier alpha value is -4.61. The summed E-state index contributed by atoms with van der Waals surface area (Å²) in [5.74, 6) is -2.14. The number of carbonyl (C=O) groups is 4. The molecular weight excluding hydrogens is 546 g/mol. The fourth-order valence-corrected chi connectivity index (χ4v) is 5.41. The van der Waals surface area contributed by atoms with Crippen LogP contribution in [0.2, 0.25) is 0 Å². The van der Waals surface area contributed by atoms with Gasteiger partial charge in [0.05, 0.1) is 33.4 Å². The lowest BCUT2D eigenvalue weighted by Crippen LogP contribution is -2.38. The van der Waals surface area contributed by atoms with Gasteiger partial charge in [-0.25, -0.2) is 4.79 Å². The van der Waals surface area contributed by atoms with Gasteiger partial charge in [-0.3, -0.25) is 24.3 Å². The summed E-state index contributed by atoms with van der Waals surface area (Å²) in [6.07, 6.45) is 3.65. The Morgan fingerprint density at radius 3 is 2.39 bits per heavy atom. The highest BCUT2D eigenvalue weighted by Crippen LogP contribution is 2.31. The maximum absolute atomic E-state index is 13.6. The fraction of sp³-hybridized carbons (Fsp3) is 0.233. The molecule has 3 heterocycles. The number of nitrogens with zero attached hydrogens (tertiary/aromatic N) is 2. The van der Waals surface area contributed by atoms with Crippen LogP contribution in [0.3, 0.4) is 0 Å². The quantitative estimate of drug-likeness (QED) is 0.149. The molecular formula is C30H27N3O7S. The molecule has 2 aromatic carbocycles. The molecule has 0 bridgehead atoms. The van der Waals surface area contributed by atoms with E-state index in [1.165, 1.54) is 11.3 Å². The third-order valence-corrected chi connectivity index (χ3v) is 7.64. The molecule has 0 saturated carbocycles. The number of hydrogen-bond donors (Lipinski definition) is 2. The maximum Gasteiger partial charge on any atom is 0.508 e. The van der Waals surface area contributed by atoms with E-state index in [1.54, 1.807) is 60.9 Å². The molecule has 2 aromatic heterocycles. The molecule has 41 heavy (non-hydrogen) atoms. The second-order valence-corrected chi connectivity index (χ2v) is 10.5. The number of amides is 3. The maximum atomic E-state index is 13.6. The lowest BCUT2D eigenvalue weighted by molar-refractivity contribution is -0.117. The first-order chi connectivity index (χ1) is 19.9. The minimum absolute atomic E-state index is 0.0261. The summed E-state index contributed by atoms with van der Waals surface area (Å²) in [6, 6.07) is 17.1. The van der Waals surface area contributed by atoms with Crippen molar-refractivity contribution in [2.75, 3.05) is 25.1 Å². The minimum Gasteiger partial charge on any atom is -0.434 e. The Labute approximate surface area is 239 Å². The zero-order valence-electron chi connectivity index (χ0n) is 21.9. The first-order valence-corrected chi connectivity index (χ1v) is 13.8. The highest BCUT2D eigenvalue weighted by atomic mass is 32.1. The van der Waals surface area contributed by atoms with E-state index in [4.69, 9.17) is 14.6 Å². The summed E-state index contributed by atoms with van der Waals surface area (Å²) < 4.78 is 11.0. The van der Waals surface area contributed by atoms with E-state index in [1.807, 2.05) is 12.1 Å². The number of aromatic nitrogens is 1. The predicted molar refractivity (Wildman–Crippen MR) is 152 cm³/mol. The Balaban J connectivity index is 1.32. The number of pyridine rings is 1. The molecule has 10 nitrogen and oxygen atoms in total. The molecule has 0 spiro atoms. The van der Waals surface area contributed by atoms with Gasteiger partial charge < -0.3 is 19.9 Å². The largest absolute Gasteiger partial charge is 0.508 e. The third kappa shape index (κ3) is 6.42. The van der Waals surface area contributed by atoms with Crippen LogP contribution in [0.5, 0.6) is 0 Å². The standard InChI is InChI=1S/C30H27N3O7S/c34-13-3-4-14-39-30(38)40-18-19-7-9-20(10-8-19)24(17-33-28(36)22-5-1-2-6-23(22)29(33)37)27(35)32-26-15-21-11-12-31-16-25(21)41-26/h1-2,5-12,15-16,24,34H,3-4,13-14,17-18H2,(H,32,35). The van der Waals surface area contributed by atoms with E-state index in [-0.39, 0.29) is 32.3 Å². The number of thiophene rings is 1. The highest BCUT2D eigenvalue weighted by Gasteiger charge is 2.38. The number of nitrogens with one attached hydrogen (secondary N) is 1. The first-order valence-electron chi connectivity index (χ1n) is 13.0. The van der Waals surface area contributed by atoms with Crippen molar-refractivity contribution in [2.24, 2.45) is 0 Å². The SMILES string of the molecule is O=C(OCCCCO)OCc1ccc(C(CN2C(=O)c3ccccc3C2=O)C(=O)Nc2cc3ccncc3s2)cc1. The summed E-state index contributed by atoms with van der Waals surface area (Å²) in [6.45, 7) is -0.00749. The molecule has 2 N–H and O–H groups in total. The molecule has 0 radical (unpaired) electrons. The number of fused-ring (bicyclic) bond motifs is 2. The monoisotopic (exact) mass is 573 g/mol. The smallest absolute Gasteiger partial charge is 0.434 e. The van der Waals surface area contributed by atoms with E-state index in [0.29, 0.717) is 40.1 Å². The lowest BCUT2D eigenvalue weighted by Gasteiger charge is -2.22. The van der Waals surface area contributed by atoms with Crippen molar-refractivity contribution >= 4 is 50.3 Å². The molecule has 0 aliphatic carbocycles. The van der Waals surface area contributed by atoms with Gasteiger partial charge in [-0.2, -0.15) is 0 Å². The normalized spacial score (nSPS) is 13.2. The summed E-state index contributed by atoms with van der Waals surface area (Å²) in [5, 5.41) is 13.3.